The Morgan fingerprint density at radius 2 is 1.77 bits per heavy atom. The minimum absolute atomic E-state index is 0.123. The minimum Gasteiger partial charge on any atom is -0.497 e. The lowest BCUT2D eigenvalue weighted by atomic mass is 9.92. The molecule has 2 aromatic carbocycles. The summed E-state index contributed by atoms with van der Waals surface area (Å²) in [7, 11) is 1.66. The van der Waals surface area contributed by atoms with Gasteiger partial charge in [0, 0.05) is 33.8 Å². The second-order valence-electron chi connectivity index (χ2n) is 8.34. The number of benzene rings is 2. The maximum atomic E-state index is 6.10. The Hall–Kier alpha value is -3.05. The molecule has 0 fully saturated rings. The summed E-state index contributed by atoms with van der Waals surface area (Å²) >= 11 is 6.10. The monoisotopic (exact) mass is 420 g/mol. The number of rotatable bonds is 4. The van der Waals surface area contributed by atoms with Gasteiger partial charge in [-0.3, -0.25) is 0 Å². The van der Waals surface area contributed by atoms with Gasteiger partial charge in [0.05, 0.1) is 18.5 Å². The van der Waals surface area contributed by atoms with Crippen LogP contribution in [0.3, 0.4) is 0 Å². The van der Waals surface area contributed by atoms with Crippen LogP contribution in [0, 0.1) is 6.92 Å². The molecule has 0 aliphatic carbocycles. The predicted molar refractivity (Wildman–Crippen MR) is 123 cm³/mol. The average molecular weight is 421 g/mol. The third-order valence-corrected chi connectivity index (χ3v) is 5.26. The number of methoxy groups -OCH3 is 1. The number of ether oxygens (including phenoxy) is 1. The van der Waals surface area contributed by atoms with Gasteiger partial charge < -0.3 is 10.1 Å². The quantitative estimate of drug-likeness (QED) is 0.414. The van der Waals surface area contributed by atoms with E-state index in [1.165, 1.54) is 0 Å². The van der Waals surface area contributed by atoms with Crippen molar-refractivity contribution in [3.8, 4) is 16.9 Å². The highest BCUT2D eigenvalue weighted by atomic mass is 35.5. The van der Waals surface area contributed by atoms with Gasteiger partial charge in [-0.05, 0) is 36.8 Å². The molecule has 0 saturated carbocycles. The summed E-state index contributed by atoms with van der Waals surface area (Å²) in [5.74, 6) is 1.64. The molecular weight excluding hydrogens is 396 g/mol. The largest absolute Gasteiger partial charge is 0.497 e. The lowest BCUT2D eigenvalue weighted by Gasteiger charge is -2.20. The Morgan fingerprint density at radius 3 is 2.43 bits per heavy atom. The second-order valence-corrected chi connectivity index (χ2v) is 8.77. The standard InChI is InChI=1S/C24H25ClN4O/c1-15-22(16-9-11-17(25)12-10-16)23-27-20(24(2,3)4)14-21(29(23)28-15)26-18-7-6-8-19(13-18)30-5/h6-14,26H,1-5H3. The molecule has 30 heavy (non-hydrogen) atoms. The number of fused-ring (bicyclic) bond motifs is 1. The molecule has 0 bridgehead atoms. The molecule has 0 aliphatic heterocycles. The zero-order valence-electron chi connectivity index (χ0n) is 17.8. The first-order valence-electron chi connectivity index (χ1n) is 9.84. The van der Waals surface area contributed by atoms with Gasteiger partial charge in [0.25, 0.3) is 0 Å². The van der Waals surface area contributed by atoms with Gasteiger partial charge in [0.1, 0.15) is 11.6 Å². The van der Waals surface area contributed by atoms with Gasteiger partial charge in [0.2, 0.25) is 0 Å². The third kappa shape index (κ3) is 3.85. The highest BCUT2D eigenvalue weighted by molar-refractivity contribution is 6.30. The molecule has 154 valence electrons. The Labute approximate surface area is 181 Å². The summed E-state index contributed by atoms with van der Waals surface area (Å²) in [6.45, 7) is 8.48. The van der Waals surface area contributed by atoms with Crippen molar-refractivity contribution in [1.82, 2.24) is 14.6 Å². The van der Waals surface area contributed by atoms with Crippen LogP contribution in [0.4, 0.5) is 11.5 Å². The number of nitrogens with zero attached hydrogens (tertiary/aromatic N) is 3. The van der Waals surface area contributed by atoms with Crippen molar-refractivity contribution in [2.45, 2.75) is 33.1 Å². The molecule has 0 radical (unpaired) electrons. The van der Waals surface area contributed by atoms with Crippen molar-refractivity contribution < 1.29 is 4.74 Å². The van der Waals surface area contributed by atoms with Crippen LogP contribution in [0.2, 0.25) is 5.02 Å². The van der Waals surface area contributed by atoms with E-state index in [1.807, 2.05) is 60.0 Å². The molecule has 4 aromatic rings. The van der Waals surface area contributed by atoms with Crippen LogP contribution in [-0.2, 0) is 5.41 Å². The van der Waals surface area contributed by atoms with Crippen LogP contribution in [-0.4, -0.2) is 21.7 Å². The van der Waals surface area contributed by atoms with Crippen molar-refractivity contribution in [3.05, 3.63) is 71.0 Å². The molecule has 0 saturated heterocycles. The van der Waals surface area contributed by atoms with E-state index in [-0.39, 0.29) is 5.41 Å². The fourth-order valence-electron chi connectivity index (χ4n) is 3.40. The molecule has 0 spiro atoms. The lowest BCUT2D eigenvalue weighted by molar-refractivity contribution is 0.415. The first-order chi connectivity index (χ1) is 14.3. The first kappa shape index (κ1) is 20.2. The first-order valence-corrected chi connectivity index (χ1v) is 10.2. The number of aromatic nitrogens is 3. The fraction of sp³-hybridized carbons (Fsp3) is 0.250. The zero-order valence-corrected chi connectivity index (χ0v) is 18.6. The van der Waals surface area contributed by atoms with E-state index in [0.717, 1.165) is 45.4 Å². The van der Waals surface area contributed by atoms with Gasteiger partial charge >= 0.3 is 0 Å². The van der Waals surface area contributed by atoms with E-state index < -0.39 is 0 Å². The van der Waals surface area contributed by atoms with Gasteiger partial charge in [0.15, 0.2) is 5.65 Å². The molecule has 0 aliphatic rings. The summed E-state index contributed by atoms with van der Waals surface area (Å²) in [5, 5.41) is 9.00. The van der Waals surface area contributed by atoms with Crippen LogP contribution in [0.25, 0.3) is 16.8 Å². The Balaban J connectivity index is 1.93. The number of aryl methyl sites for hydroxylation is 1. The number of nitrogens with one attached hydrogen (secondary N) is 1. The Kier molecular flexibility index (Phi) is 5.16. The SMILES string of the molecule is COc1cccc(Nc2cc(C(C)(C)C)nc3c(-c4ccc(Cl)cc4)c(C)nn23)c1. The van der Waals surface area contributed by atoms with Crippen LogP contribution >= 0.6 is 11.6 Å². The minimum atomic E-state index is -0.123. The predicted octanol–water partition coefficient (Wildman–Crippen LogP) is 6.41. The number of hydrogen-bond acceptors (Lipinski definition) is 4. The van der Waals surface area contributed by atoms with E-state index in [0.29, 0.717) is 5.02 Å². The summed E-state index contributed by atoms with van der Waals surface area (Å²) in [6.07, 6.45) is 0. The molecule has 0 amide bonds. The lowest BCUT2D eigenvalue weighted by Crippen LogP contribution is -2.16. The van der Waals surface area contributed by atoms with Crippen molar-refractivity contribution in [1.29, 1.82) is 0 Å². The van der Waals surface area contributed by atoms with Crippen molar-refractivity contribution in [2.24, 2.45) is 0 Å². The van der Waals surface area contributed by atoms with E-state index in [9.17, 15) is 0 Å². The van der Waals surface area contributed by atoms with Crippen molar-refractivity contribution in [3.63, 3.8) is 0 Å². The summed E-state index contributed by atoms with van der Waals surface area (Å²) in [6, 6.07) is 17.7. The van der Waals surface area contributed by atoms with Crippen molar-refractivity contribution in [2.75, 3.05) is 12.4 Å². The normalized spacial score (nSPS) is 11.7. The summed E-state index contributed by atoms with van der Waals surface area (Å²) < 4.78 is 7.23. The maximum Gasteiger partial charge on any atom is 0.165 e. The smallest absolute Gasteiger partial charge is 0.165 e. The Morgan fingerprint density at radius 1 is 1.03 bits per heavy atom. The van der Waals surface area contributed by atoms with Crippen LogP contribution in [0.15, 0.2) is 54.6 Å². The molecular formula is C24H25ClN4O. The molecule has 5 nitrogen and oxygen atoms in total. The second kappa shape index (κ2) is 7.65. The highest BCUT2D eigenvalue weighted by Crippen LogP contribution is 2.33. The van der Waals surface area contributed by atoms with Gasteiger partial charge in [-0.2, -0.15) is 9.61 Å². The average Bonchev–Trinajstić information content (AvgIpc) is 3.04. The zero-order chi connectivity index (χ0) is 21.5. The molecule has 0 unspecified atom stereocenters. The van der Waals surface area contributed by atoms with Crippen LogP contribution in [0.5, 0.6) is 5.75 Å². The van der Waals surface area contributed by atoms with E-state index >= 15 is 0 Å². The molecule has 1 N–H and O–H groups in total. The molecule has 6 heteroatoms. The maximum absolute atomic E-state index is 6.10. The number of hydrogen-bond donors (Lipinski definition) is 1. The Bertz CT molecular complexity index is 1210. The van der Waals surface area contributed by atoms with Gasteiger partial charge in [-0.25, -0.2) is 4.98 Å². The topological polar surface area (TPSA) is 51.5 Å². The van der Waals surface area contributed by atoms with Crippen LogP contribution < -0.4 is 10.1 Å². The van der Waals surface area contributed by atoms with E-state index in [4.69, 9.17) is 26.4 Å². The van der Waals surface area contributed by atoms with Gasteiger partial charge in [-0.15, -0.1) is 0 Å². The number of anilines is 2. The number of halogens is 1. The van der Waals surface area contributed by atoms with Crippen molar-refractivity contribution >= 4 is 28.8 Å². The molecule has 2 heterocycles. The van der Waals surface area contributed by atoms with Gasteiger partial charge in [-0.1, -0.05) is 50.6 Å². The highest BCUT2D eigenvalue weighted by Gasteiger charge is 2.22. The molecule has 0 atom stereocenters. The van der Waals surface area contributed by atoms with E-state index in [2.05, 4.69) is 32.2 Å². The summed E-state index contributed by atoms with van der Waals surface area (Å²) in [5.41, 5.74) is 5.54. The van der Waals surface area contributed by atoms with Crippen LogP contribution in [0.1, 0.15) is 32.2 Å². The molecule has 4 rings (SSSR count). The van der Waals surface area contributed by atoms with E-state index in [1.54, 1.807) is 7.11 Å². The molecule has 2 aromatic heterocycles. The summed E-state index contributed by atoms with van der Waals surface area (Å²) in [4.78, 5) is 5.00. The fourth-order valence-corrected chi connectivity index (χ4v) is 3.53. The third-order valence-electron chi connectivity index (χ3n) is 5.01.